The molecule has 0 fully saturated rings. The highest BCUT2D eigenvalue weighted by molar-refractivity contribution is 6.31. The maximum Gasteiger partial charge on any atom is 0.337 e. The van der Waals surface area contributed by atoms with E-state index in [9.17, 15) is 19.8 Å². The van der Waals surface area contributed by atoms with Crippen LogP contribution in [0.25, 0.3) is 0 Å². The van der Waals surface area contributed by atoms with E-state index in [1.54, 1.807) is 0 Å². The van der Waals surface area contributed by atoms with E-state index >= 15 is 0 Å². The summed E-state index contributed by atoms with van der Waals surface area (Å²) in [6.45, 7) is 0. The lowest BCUT2D eigenvalue weighted by molar-refractivity contribution is -0.156. The molecule has 1 aromatic rings. The zero-order valence-corrected chi connectivity index (χ0v) is 9.72. The molecular weight excluding hydrogens is 248 g/mol. The first-order valence-corrected chi connectivity index (χ1v) is 5.07. The molecule has 2 unspecified atom stereocenters. The quantitative estimate of drug-likeness (QED) is 0.614. The van der Waals surface area contributed by atoms with Gasteiger partial charge in [-0.1, -0.05) is 17.7 Å². The van der Waals surface area contributed by atoms with Crippen molar-refractivity contribution in [3.8, 4) is 0 Å². The van der Waals surface area contributed by atoms with Crippen LogP contribution in [0.15, 0.2) is 18.2 Å². The van der Waals surface area contributed by atoms with Crippen LogP contribution >= 0.6 is 11.6 Å². The summed E-state index contributed by atoms with van der Waals surface area (Å²) in [5.41, 5.74) is 0.370. The number of carbonyl (C=O) groups is 2. The van der Waals surface area contributed by atoms with E-state index < -0.39 is 18.2 Å². The summed E-state index contributed by atoms with van der Waals surface area (Å²) < 4.78 is 4.29. The van der Waals surface area contributed by atoms with Crippen molar-refractivity contribution in [1.82, 2.24) is 0 Å². The molecule has 1 aromatic carbocycles. The van der Waals surface area contributed by atoms with E-state index in [2.05, 4.69) is 4.74 Å². The van der Waals surface area contributed by atoms with Gasteiger partial charge in [-0.25, -0.2) is 4.79 Å². The SMILES string of the molecule is COC(=O)C(O)C(O)c1cc(C=O)ccc1Cl. The van der Waals surface area contributed by atoms with Gasteiger partial charge >= 0.3 is 5.97 Å². The second kappa shape index (κ2) is 5.77. The van der Waals surface area contributed by atoms with Crippen LogP contribution < -0.4 is 0 Å². The van der Waals surface area contributed by atoms with Crippen molar-refractivity contribution in [3.05, 3.63) is 34.3 Å². The highest BCUT2D eigenvalue weighted by atomic mass is 35.5. The first-order valence-electron chi connectivity index (χ1n) is 4.69. The summed E-state index contributed by atoms with van der Waals surface area (Å²) in [5, 5.41) is 19.3. The summed E-state index contributed by atoms with van der Waals surface area (Å²) in [5.74, 6) is -0.981. The van der Waals surface area contributed by atoms with E-state index in [4.69, 9.17) is 11.6 Å². The molecule has 0 amide bonds. The van der Waals surface area contributed by atoms with Gasteiger partial charge in [-0.3, -0.25) is 4.79 Å². The van der Waals surface area contributed by atoms with Crippen LogP contribution in [0, 0.1) is 0 Å². The summed E-state index contributed by atoms with van der Waals surface area (Å²) >= 11 is 5.80. The van der Waals surface area contributed by atoms with Crippen LogP contribution in [-0.2, 0) is 9.53 Å². The van der Waals surface area contributed by atoms with Gasteiger partial charge in [0.05, 0.1) is 7.11 Å². The Morgan fingerprint density at radius 1 is 1.47 bits per heavy atom. The Bertz CT molecular complexity index is 432. The summed E-state index contributed by atoms with van der Waals surface area (Å²) in [6.07, 6.45) is -2.73. The maximum atomic E-state index is 11.0. The largest absolute Gasteiger partial charge is 0.467 e. The number of aldehydes is 1. The first kappa shape index (κ1) is 13.6. The van der Waals surface area contributed by atoms with E-state index in [0.717, 1.165) is 7.11 Å². The lowest BCUT2D eigenvalue weighted by Gasteiger charge is -2.17. The highest BCUT2D eigenvalue weighted by Crippen LogP contribution is 2.26. The van der Waals surface area contributed by atoms with E-state index in [1.165, 1.54) is 18.2 Å². The highest BCUT2D eigenvalue weighted by Gasteiger charge is 2.28. The van der Waals surface area contributed by atoms with Gasteiger partial charge in [0.25, 0.3) is 0 Å². The smallest absolute Gasteiger partial charge is 0.337 e. The summed E-state index contributed by atoms with van der Waals surface area (Å²) in [4.78, 5) is 21.6. The predicted octanol–water partition coefficient (Wildman–Crippen LogP) is 0.720. The zero-order chi connectivity index (χ0) is 13.0. The van der Waals surface area contributed by atoms with Crippen LogP contribution in [0.3, 0.4) is 0 Å². The Morgan fingerprint density at radius 3 is 2.65 bits per heavy atom. The van der Waals surface area contributed by atoms with Crippen LogP contribution in [0.5, 0.6) is 0 Å². The normalized spacial score (nSPS) is 13.9. The van der Waals surface area contributed by atoms with Crippen LogP contribution in [0.2, 0.25) is 5.02 Å². The zero-order valence-electron chi connectivity index (χ0n) is 8.96. The molecule has 0 spiro atoms. The molecule has 0 aliphatic heterocycles. The molecule has 2 N–H and O–H groups in total. The molecule has 0 radical (unpaired) electrons. The average molecular weight is 259 g/mol. The fraction of sp³-hybridized carbons (Fsp3) is 0.273. The molecule has 5 nitrogen and oxygen atoms in total. The number of aliphatic hydroxyl groups is 2. The minimum Gasteiger partial charge on any atom is -0.467 e. The molecule has 0 heterocycles. The second-order valence-corrected chi connectivity index (χ2v) is 3.72. The topological polar surface area (TPSA) is 83.8 Å². The van der Waals surface area contributed by atoms with Gasteiger partial charge in [0.2, 0.25) is 0 Å². The molecule has 0 aliphatic carbocycles. The lowest BCUT2D eigenvalue weighted by atomic mass is 10.0. The molecule has 6 heteroatoms. The number of benzene rings is 1. The van der Waals surface area contributed by atoms with Gasteiger partial charge in [0.15, 0.2) is 6.10 Å². The van der Waals surface area contributed by atoms with Crippen molar-refractivity contribution in [2.45, 2.75) is 12.2 Å². The lowest BCUT2D eigenvalue weighted by Crippen LogP contribution is -2.29. The Balaban J connectivity index is 3.06. The van der Waals surface area contributed by atoms with Crippen LogP contribution in [-0.4, -0.2) is 35.7 Å². The fourth-order valence-electron chi connectivity index (χ4n) is 1.28. The number of rotatable bonds is 4. The van der Waals surface area contributed by atoms with E-state index in [1.807, 2.05) is 0 Å². The van der Waals surface area contributed by atoms with E-state index in [-0.39, 0.29) is 16.1 Å². The standard InChI is InChI=1S/C11H11ClO5/c1-17-11(16)10(15)9(14)7-4-6(5-13)2-3-8(7)12/h2-5,9-10,14-15H,1H3. The number of hydrogen-bond acceptors (Lipinski definition) is 5. The molecule has 0 saturated carbocycles. The van der Waals surface area contributed by atoms with E-state index in [0.29, 0.717) is 6.29 Å². The molecule has 0 aromatic heterocycles. The number of hydrogen-bond donors (Lipinski definition) is 2. The van der Waals surface area contributed by atoms with Crippen molar-refractivity contribution in [2.24, 2.45) is 0 Å². The third kappa shape index (κ3) is 3.03. The number of carbonyl (C=O) groups excluding carboxylic acids is 2. The number of aliphatic hydroxyl groups excluding tert-OH is 2. The first-order chi connectivity index (χ1) is 8.01. The Kier molecular flexibility index (Phi) is 4.62. The Labute approximate surface area is 103 Å². The van der Waals surface area contributed by atoms with Crippen LogP contribution in [0.4, 0.5) is 0 Å². The Morgan fingerprint density at radius 2 is 2.12 bits per heavy atom. The Hall–Kier alpha value is -1.43. The van der Waals surface area contributed by atoms with Crippen molar-refractivity contribution in [3.63, 3.8) is 0 Å². The summed E-state index contributed by atoms with van der Waals surface area (Å²) in [6, 6.07) is 4.15. The van der Waals surface area contributed by atoms with Crippen molar-refractivity contribution in [2.75, 3.05) is 7.11 Å². The second-order valence-electron chi connectivity index (χ2n) is 3.31. The number of esters is 1. The van der Waals surface area contributed by atoms with Crippen molar-refractivity contribution >= 4 is 23.9 Å². The van der Waals surface area contributed by atoms with Crippen molar-refractivity contribution < 1.29 is 24.5 Å². The third-order valence-electron chi connectivity index (χ3n) is 2.22. The molecule has 17 heavy (non-hydrogen) atoms. The molecular formula is C11H11ClO5. The van der Waals surface area contributed by atoms with Gasteiger partial charge in [-0.15, -0.1) is 0 Å². The molecule has 0 aliphatic rings. The molecule has 92 valence electrons. The molecule has 2 atom stereocenters. The van der Waals surface area contributed by atoms with Gasteiger partial charge in [-0.2, -0.15) is 0 Å². The van der Waals surface area contributed by atoms with Crippen LogP contribution in [0.1, 0.15) is 22.0 Å². The molecule has 1 rings (SSSR count). The van der Waals surface area contributed by atoms with Crippen molar-refractivity contribution in [1.29, 1.82) is 0 Å². The van der Waals surface area contributed by atoms with Gasteiger partial charge in [-0.05, 0) is 12.1 Å². The van der Waals surface area contributed by atoms with Gasteiger partial charge in [0, 0.05) is 16.1 Å². The predicted molar refractivity (Wildman–Crippen MR) is 59.8 cm³/mol. The maximum absolute atomic E-state index is 11.0. The number of halogens is 1. The molecule has 0 bridgehead atoms. The average Bonchev–Trinajstić information content (AvgIpc) is 2.36. The third-order valence-corrected chi connectivity index (χ3v) is 2.56. The fourth-order valence-corrected chi connectivity index (χ4v) is 1.51. The van der Waals surface area contributed by atoms with Gasteiger partial charge in [0.1, 0.15) is 12.4 Å². The summed E-state index contributed by atoms with van der Waals surface area (Å²) in [7, 11) is 1.09. The minimum atomic E-state index is -1.75. The molecule has 0 saturated heterocycles. The van der Waals surface area contributed by atoms with Gasteiger partial charge < -0.3 is 14.9 Å². The minimum absolute atomic E-state index is 0.0918. The number of methoxy groups -OCH3 is 1. The number of ether oxygens (including phenoxy) is 1. The monoisotopic (exact) mass is 258 g/mol.